The molecule has 1 aromatic rings. The van der Waals surface area contributed by atoms with Crippen molar-refractivity contribution in [3.05, 3.63) is 23.3 Å². The van der Waals surface area contributed by atoms with Gasteiger partial charge in [-0.25, -0.2) is 0 Å². The number of rotatable bonds is 13. The minimum atomic E-state index is 0. The Kier molecular flexibility index (Phi) is 17.5. The molecule has 5 nitrogen and oxygen atoms in total. The first-order valence-corrected chi connectivity index (χ1v) is 8.99. The zero-order valence-electron chi connectivity index (χ0n) is 18.2. The fourth-order valence-corrected chi connectivity index (χ4v) is 2.53. The van der Waals surface area contributed by atoms with E-state index in [-0.39, 0.29) is 73.5 Å². The van der Waals surface area contributed by atoms with Gasteiger partial charge < -0.3 is 26.5 Å². The summed E-state index contributed by atoms with van der Waals surface area (Å²) in [5.74, 6) is 1.66. The first-order valence-electron chi connectivity index (χ1n) is 8.99. The topological polar surface area (TPSA) is 46.2 Å². The summed E-state index contributed by atoms with van der Waals surface area (Å²) in [7, 11) is 0. The molecular weight excluding hydrogens is 493 g/mol. The Hall–Kier alpha value is 0.986. The predicted octanol–water partition coefficient (Wildman–Crippen LogP) is 3.56. The number of benzene rings is 1. The Morgan fingerprint density at radius 2 is 1.42 bits per heavy atom. The molecule has 1 aliphatic rings. The van der Waals surface area contributed by atoms with Crippen LogP contribution in [0.2, 0.25) is 0 Å². The predicted molar refractivity (Wildman–Crippen MR) is 101 cm³/mol. The van der Waals surface area contributed by atoms with E-state index in [1.807, 2.05) is 6.07 Å². The molecule has 0 fully saturated rings. The van der Waals surface area contributed by atoms with Crippen molar-refractivity contribution in [3.8, 4) is 11.5 Å². The van der Waals surface area contributed by atoms with E-state index in [1.165, 1.54) is 11.1 Å². The fraction of sp³-hybridized carbons (Fsp3) is 0.684. The summed E-state index contributed by atoms with van der Waals surface area (Å²) in [5, 5.41) is 0. The standard InChI is InChI=1S/C19H30O5.Ba.Ti.2H/c1-3-5-7-20-8-9-21-10-11-22-14-17-13-19-18(23-15-24-19)12-16(17)6-4-2;;;;/h12-13H,3-11,14-15H2,1-2H3;;;;/q;+2;;2*-1. The summed E-state index contributed by atoms with van der Waals surface area (Å²) < 4.78 is 27.6. The summed E-state index contributed by atoms with van der Waals surface area (Å²) in [6.45, 7) is 8.47. The molecule has 1 aromatic carbocycles. The molecule has 0 saturated heterocycles. The molecule has 2 rings (SSSR count). The molecular formula is C19H32BaO5Ti. The van der Waals surface area contributed by atoms with Crippen LogP contribution < -0.4 is 9.47 Å². The van der Waals surface area contributed by atoms with Crippen molar-refractivity contribution in [2.45, 2.75) is 46.1 Å². The summed E-state index contributed by atoms with van der Waals surface area (Å²) in [4.78, 5) is 0. The molecule has 144 valence electrons. The number of fused-ring (bicyclic) bond motifs is 1. The van der Waals surface area contributed by atoms with Crippen LogP contribution in [0.1, 0.15) is 47.1 Å². The third kappa shape index (κ3) is 9.96. The Morgan fingerprint density at radius 3 is 2.04 bits per heavy atom. The van der Waals surface area contributed by atoms with Crippen LogP contribution in [0.15, 0.2) is 12.1 Å². The summed E-state index contributed by atoms with van der Waals surface area (Å²) in [6.07, 6.45) is 4.38. The zero-order valence-corrected chi connectivity index (χ0v) is 22.2. The van der Waals surface area contributed by atoms with Crippen molar-refractivity contribution in [2.24, 2.45) is 0 Å². The molecule has 0 N–H and O–H groups in total. The number of hydrogen-bond donors (Lipinski definition) is 0. The van der Waals surface area contributed by atoms with Crippen LogP contribution in [-0.2, 0) is 49.0 Å². The van der Waals surface area contributed by atoms with E-state index in [9.17, 15) is 0 Å². The van der Waals surface area contributed by atoms with E-state index < -0.39 is 0 Å². The van der Waals surface area contributed by atoms with Crippen LogP contribution in [0, 0.1) is 0 Å². The van der Waals surface area contributed by atoms with E-state index in [4.69, 9.17) is 23.7 Å². The normalized spacial score (nSPS) is 11.8. The van der Waals surface area contributed by atoms with Crippen LogP contribution in [0.5, 0.6) is 11.5 Å². The summed E-state index contributed by atoms with van der Waals surface area (Å²) in [6, 6.07) is 4.12. The second-order valence-electron chi connectivity index (χ2n) is 5.86. The van der Waals surface area contributed by atoms with Crippen LogP contribution in [0.25, 0.3) is 0 Å². The van der Waals surface area contributed by atoms with E-state index >= 15 is 0 Å². The Labute approximate surface area is 215 Å². The van der Waals surface area contributed by atoms with Gasteiger partial charge in [0.05, 0.1) is 33.0 Å². The molecule has 0 aliphatic carbocycles. The maximum atomic E-state index is 5.75. The molecule has 1 heterocycles. The molecule has 0 radical (unpaired) electrons. The van der Waals surface area contributed by atoms with Crippen molar-refractivity contribution in [1.29, 1.82) is 0 Å². The number of ether oxygens (including phenoxy) is 5. The summed E-state index contributed by atoms with van der Waals surface area (Å²) in [5.41, 5.74) is 2.44. The second-order valence-corrected chi connectivity index (χ2v) is 5.86. The van der Waals surface area contributed by atoms with Gasteiger partial charge in [0.25, 0.3) is 0 Å². The van der Waals surface area contributed by atoms with Gasteiger partial charge in [-0.2, -0.15) is 0 Å². The molecule has 0 saturated carbocycles. The average Bonchev–Trinajstić information content (AvgIpc) is 3.04. The minimum Gasteiger partial charge on any atom is -1.00 e. The van der Waals surface area contributed by atoms with Gasteiger partial charge in [0, 0.05) is 28.3 Å². The van der Waals surface area contributed by atoms with Gasteiger partial charge in [-0.3, -0.25) is 0 Å². The molecule has 7 heteroatoms. The van der Waals surface area contributed by atoms with Gasteiger partial charge in [-0.1, -0.05) is 26.7 Å². The number of unbranched alkanes of at least 4 members (excludes halogenated alkanes) is 1. The van der Waals surface area contributed by atoms with Crippen LogP contribution >= 0.6 is 0 Å². The van der Waals surface area contributed by atoms with E-state index in [1.54, 1.807) is 0 Å². The van der Waals surface area contributed by atoms with Gasteiger partial charge in [-0.15, -0.1) is 0 Å². The van der Waals surface area contributed by atoms with Crippen LogP contribution in [0.4, 0.5) is 0 Å². The van der Waals surface area contributed by atoms with Gasteiger partial charge in [0.2, 0.25) is 6.79 Å². The first-order chi connectivity index (χ1) is 11.8. The van der Waals surface area contributed by atoms with Crippen molar-refractivity contribution in [1.82, 2.24) is 0 Å². The number of aryl methyl sites for hydroxylation is 1. The molecule has 0 bridgehead atoms. The Morgan fingerprint density at radius 1 is 0.846 bits per heavy atom. The molecule has 1 aliphatic heterocycles. The largest absolute Gasteiger partial charge is 2.00 e. The average molecular weight is 526 g/mol. The minimum absolute atomic E-state index is 0. The third-order valence-corrected chi connectivity index (χ3v) is 3.86. The van der Waals surface area contributed by atoms with Gasteiger partial charge in [0.1, 0.15) is 0 Å². The third-order valence-electron chi connectivity index (χ3n) is 3.86. The van der Waals surface area contributed by atoms with Crippen molar-refractivity contribution in [3.63, 3.8) is 0 Å². The Balaban J connectivity index is -0.00000156. The molecule has 0 spiro atoms. The Bertz CT molecular complexity index is 498. The van der Waals surface area contributed by atoms with Gasteiger partial charge in [0.15, 0.2) is 11.5 Å². The van der Waals surface area contributed by atoms with Crippen LogP contribution in [0.3, 0.4) is 0 Å². The van der Waals surface area contributed by atoms with E-state index in [2.05, 4.69) is 19.9 Å². The van der Waals surface area contributed by atoms with Crippen molar-refractivity contribution >= 4 is 48.9 Å². The molecule has 0 amide bonds. The number of hydrogen-bond acceptors (Lipinski definition) is 5. The molecule has 0 aromatic heterocycles. The SMILES string of the molecule is CCCCOCCOCCOCc1cc2c(cc1CCC)OCO2.[Ba+2].[H-].[H-].[Ti]. The zero-order chi connectivity index (χ0) is 17.0. The van der Waals surface area contributed by atoms with Gasteiger partial charge >= 0.3 is 48.9 Å². The van der Waals surface area contributed by atoms with Crippen molar-refractivity contribution in [2.75, 3.05) is 39.8 Å². The quantitative estimate of drug-likeness (QED) is 0.291. The van der Waals surface area contributed by atoms with Crippen molar-refractivity contribution < 1.29 is 48.3 Å². The first kappa shape index (κ1) is 27.0. The maximum absolute atomic E-state index is 5.75. The van der Waals surface area contributed by atoms with Gasteiger partial charge in [-0.05, 0) is 36.1 Å². The van der Waals surface area contributed by atoms with Crippen LogP contribution in [-0.4, -0.2) is 88.7 Å². The van der Waals surface area contributed by atoms with E-state index in [0.29, 0.717) is 39.8 Å². The molecule has 26 heavy (non-hydrogen) atoms. The molecule has 0 atom stereocenters. The smallest absolute Gasteiger partial charge is 1.00 e. The maximum Gasteiger partial charge on any atom is 2.00 e. The fourth-order valence-electron chi connectivity index (χ4n) is 2.53. The van der Waals surface area contributed by atoms with E-state index in [0.717, 1.165) is 43.8 Å². The summed E-state index contributed by atoms with van der Waals surface area (Å²) >= 11 is 0. The second kappa shape index (κ2) is 16.9. The molecule has 0 unspecified atom stereocenters. The monoisotopic (exact) mass is 526 g/mol.